The maximum atomic E-state index is 13.8. The van der Waals surface area contributed by atoms with Crippen LogP contribution in [0.5, 0.6) is 5.75 Å². The van der Waals surface area contributed by atoms with Gasteiger partial charge in [-0.1, -0.05) is 23.2 Å². The molecule has 1 atom stereocenters. The van der Waals surface area contributed by atoms with Gasteiger partial charge in [0.15, 0.2) is 0 Å². The monoisotopic (exact) mass is 482 g/mol. The summed E-state index contributed by atoms with van der Waals surface area (Å²) in [4.78, 5) is 10.1. The molecular weight excluding hydrogens is 466 g/mol. The molecule has 10 heteroatoms. The Balaban J connectivity index is 1.49. The molecule has 1 N–H and O–H groups in total. The molecule has 0 aliphatic carbocycles. The zero-order chi connectivity index (χ0) is 23.1. The van der Waals surface area contributed by atoms with E-state index < -0.39 is 12.1 Å². The van der Waals surface area contributed by atoms with Gasteiger partial charge in [0.25, 0.3) is 0 Å². The molecule has 33 heavy (non-hydrogen) atoms. The highest BCUT2D eigenvalue weighted by Crippen LogP contribution is 2.36. The average molecular weight is 483 g/mol. The molecule has 5 rings (SSSR count). The van der Waals surface area contributed by atoms with Crippen molar-refractivity contribution in [1.82, 2.24) is 20.2 Å². The summed E-state index contributed by atoms with van der Waals surface area (Å²) in [6.07, 6.45) is 3.40. The number of pyridine rings is 2. The lowest BCUT2D eigenvalue weighted by Gasteiger charge is -2.32. The van der Waals surface area contributed by atoms with Crippen molar-refractivity contribution in [3.05, 3.63) is 63.8 Å². The number of aromatic amines is 1. The third kappa shape index (κ3) is 3.84. The fourth-order valence-electron chi connectivity index (χ4n) is 3.83. The van der Waals surface area contributed by atoms with Crippen molar-refractivity contribution in [2.24, 2.45) is 0 Å². The van der Waals surface area contributed by atoms with Gasteiger partial charge >= 0.3 is 0 Å². The van der Waals surface area contributed by atoms with Crippen LogP contribution in [-0.4, -0.2) is 33.3 Å². The molecule has 1 aliphatic heterocycles. The maximum Gasteiger partial charge on any atom is 0.232 e. The van der Waals surface area contributed by atoms with Crippen LogP contribution in [0.2, 0.25) is 10.0 Å². The second-order valence-electron chi connectivity index (χ2n) is 7.71. The maximum absolute atomic E-state index is 13.8. The van der Waals surface area contributed by atoms with Gasteiger partial charge in [-0.15, -0.1) is 0 Å². The lowest BCUT2D eigenvalue weighted by Crippen LogP contribution is -2.38. The molecule has 1 aliphatic rings. The summed E-state index contributed by atoms with van der Waals surface area (Å²) < 4.78 is 19.9. The molecule has 4 heterocycles. The van der Waals surface area contributed by atoms with Gasteiger partial charge in [-0.05, 0) is 37.6 Å². The number of H-pyrrole nitrogens is 1. The highest BCUT2D eigenvalue weighted by molar-refractivity contribution is 6.35. The van der Waals surface area contributed by atoms with E-state index in [0.717, 1.165) is 36.0 Å². The van der Waals surface area contributed by atoms with Gasteiger partial charge in [0.1, 0.15) is 34.5 Å². The average Bonchev–Trinajstić information content (AvgIpc) is 3.19. The van der Waals surface area contributed by atoms with Crippen LogP contribution in [0.3, 0.4) is 0 Å². The van der Waals surface area contributed by atoms with Crippen LogP contribution in [0.1, 0.15) is 30.6 Å². The number of fused-ring (bicyclic) bond motifs is 1. The van der Waals surface area contributed by atoms with E-state index in [1.165, 1.54) is 6.20 Å². The summed E-state index contributed by atoms with van der Waals surface area (Å²) in [5.41, 5.74) is 2.99. The van der Waals surface area contributed by atoms with E-state index in [1.807, 2.05) is 12.1 Å². The van der Waals surface area contributed by atoms with Crippen LogP contribution in [0.25, 0.3) is 22.2 Å². The van der Waals surface area contributed by atoms with Crippen LogP contribution in [0.4, 0.5) is 10.2 Å². The number of rotatable bonds is 5. The van der Waals surface area contributed by atoms with E-state index in [4.69, 9.17) is 27.9 Å². The highest BCUT2D eigenvalue weighted by atomic mass is 35.5. The number of anilines is 1. The first-order valence-electron chi connectivity index (χ1n) is 10.3. The van der Waals surface area contributed by atoms with Gasteiger partial charge in [-0.25, -0.2) is 9.97 Å². The molecule has 1 unspecified atom stereocenters. The Bertz CT molecular complexity index is 1410. The molecule has 3 aromatic heterocycles. The molecule has 0 saturated carbocycles. The number of benzene rings is 1. The number of nitrogens with zero attached hydrogens (tertiary/aromatic N) is 5. The molecule has 0 spiro atoms. The zero-order valence-corrected chi connectivity index (χ0v) is 19.0. The largest absolute Gasteiger partial charge is 0.486 e. The number of aromatic nitrogens is 4. The molecule has 1 fully saturated rings. The van der Waals surface area contributed by atoms with Gasteiger partial charge in [-0.3, -0.25) is 5.10 Å². The minimum atomic E-state index is -0.804. The third-order valence-electron chi connectivity index (χ3n) is 5.64. The number of ether oxygens (including phenoxy) is 1. The van der Waals surface area contributed by atoms with Crippen LogP contribution < -0.4 is 9.64 Å². The molecule has 166 valence electrons. The molecule has 0 bridgehead atoms. The number of hydrogen-bond acceptors (Lipinski definition) is 6. The predicted octanol–water partition coefficient (Wildman–Crippen LogP) is 5.69. The fraction of sp³-hybridized carbons (Fsp3) is 0.217. The number of nitriles is 1. The van der Waals surface area contributed by atoms with E-state index >= 15 is 0 Å². The van der Waals surface area contributed by atoms with Crippen LogP contribution >= 0.6 is 23.2 Å². The lowest BCUT2D eigenvalue weighted by molar-refractivity contribution is 0.226. The van der Waals surface area contributed by atoms with Gasteiger partial charge in [0, 0.05) is 42.0 Å². The minimum absolute atomic E-state index is 0.169. The number of hydrogen-bond donors (Lipinski definition) is 1. The van der Waals surface area contributed by atoms with Crippen LogP contribution in [0.15, 0.2) is 36.7 Å². The predicted molar refractivity (Wildman–Crippen MR) is 124 cm³/mol. The van der Waals surface area contributed by atoms with E-state index in [-0.39, 0.29) is 10.0 Å². The number of nitrogens with one attached hydrogen (secondary N) is 1. The van der Waals surface area contributed by atoms with Crippen LogP contribution in [-0.2, 0) is 0 Å². The summed E-state index contributed by atoms with van der Waals surface area (Å²) >= 11 is 12.2. The summed E-state index contributed by atoms with van der Waals surface area (Å²) in [5.74, 6) is 0.415. The molecule has 0 radical (unpaired) electrons. The van der Waals surface area contributed by atoms with E-state index in [0.29, 0.717) is 28.4 Å². The summed E-state index contributed by atoms with van der Waals surface area (Å²) in [6.45, 7) is 3.53. The minimum Gasteiger partial charge on any atom is -0.486 e. The lowest BCUT2D eigenvalue weighted by atomic mass is 10.1. The van der Waals surface area contributed by atoms with Crippen molar-refractivity contribution < 1.29 is 9.13 Å². The van der Waals surface area contributed by atoms with Gasteiger partial charge < -0.3 is 9.64 Å². The summed E-state index contributed by atoms with van der Waals surface area (Å²) in [7, 11) is 0. The normalized spacial score (nSPS) is 14.1. The van der Waals surface area contributed by atoms with E-state index in [1.54, 1.807) is 25.3 Å². The van der Waals surface area contributed by atoms with Gasteiger partial charge in [0.05, 0.1) is 16.1 Å². The first kappa shape index (κ1) is 21.4. The Kier molecular flexibility index (Phi) is 5.52. The Hall–Kier alpha value is -3.41. The van der Waals surface area contributed by atoms with Crippen molar-refractivity contribution in [3.8, 4) is 23.1 Å². The SMILES string of the molecule is CC(Oc1ccc2[nH]nc(-c3cnc(N4CCC4)c(C#N)c3)c2c1)c1c(Cl)cnc(F)c1Cl. The Morgan fingerprint density at radius 1 is 1.21 bits per heavy atom. The Morgan fingerprint density at radius 3 is 2.76 bits per heavy atom. The molecule has 4 aromatic rings. The van der Waals surface area contributed by atoms with Crippen molar-refractivity contribution in [2.45, 2.75) is 19.4 Å². The quantitative estimate of drug-likeness (QED) is 0.367. The van der Waals surface area contributed by atoms with Crippen LogP contribution in [0, 0.1) is 17.3 Å². The first-order valence-corrected chi connectivity index (χ1v) is 11.0. The Morgan fingerprint density at radius 2 is 2.03 bits per heavy atom. The molecule has 1 saturated heterocycles. The Labute approximate surface area is 198 Å². The summed E-state index contributed by atoms with van der Waals surface area (Å²) in [5, 5.41) is 17.9. The van der Waals surface area contributed by atoms with Crippen molar-refractivity contribution >= 4 is 39.9 Å². The first-order chi connectivity index (χ1) is 16.0. The van der Waals surface area contributed by atoms with Crippen molar-refractivity contribution in [2.75, 3.05) is 18.0 Å². The topological polar surface area (TPSA) is 90.7 Å². The van der Waals surface area contributed by atoms with Gasteiger partial charge in [-0.2, -0.15) is 14.8 Å². The second-order valence-corrected chi connectivity index (χ2v) is 8.50. The fourth-order valence-corrected chi connectivity index (χ4v) is 4.48. The van der Waals surface area contributed by atoms with E-state index in [2.05, 4.69) is 31.1 Å². The van der Waals surface area contributed by atoms with Crippen molar-refractivity contribution in [1.29, 1.82) is 5.26 Å². The molecule has 1 aromatic carbocycles. The smallest absolute Gasteiger partial charge is 0.232 e. The molecule has 7 nitrogen and oxygen atoms in total. The van der Waals surface area contributed by atoms with Gasteiger partial charge in [0.2, 0.25) is 5.95 Å². The molecular formula is C23H17Cl2FN6O. The second kappa shape index (κ2) is 8.50. The molecule has 0 amide bonds. The zero-order valence-electron chi connectivity index (χ0n) is 17.4. The third-order valence-corrected chi connectivity index (χ3v) is 6.30. The number of halogens is 3. The van der Waals surface area contributed by atoms with E-state index in [9.17, 15) is 9.65 Å². The highest BCUT2D eigenvalue weighted by Gasteiger charge is 2.22. The van der Waals surface area contributed by atoms with Crippen molar-refractivity contribution in [3.63, 3.8) is 0 Å². The summed E-state index contributed by atoms with van der Waals surface area (Å²) in [6, 6.07) is 9.46. The standard InChI is InChI=1S/C23H17Cl2FN6O/c1-12(19-17(24)11-28-22(26)20(19)25)33-15-3-4-18-16(8-15)21(31-30-18)14-7-13(9-27)23(29-10-14)32-5-2-6-32/h3-4,7-8,10-12H,2,5-6H2,1H3,(H,30,31).